The van der Waals surface area contributed by atoms with Crippen LogP contribution in [0.5, 0.6) is 0 Å². The number of carbonyl (C=O) groups is 4. The highest BCUT2D eigenvalue weighted by Crippen LogP contribution is 2.20. The second-order valence-corrected chi connectivity index (χ2v) is 11.5. The van der Waals surface area contributed by atoms with Gasteiger partial charge >= 0.3 is 5.97 Å². The number of nitrogens with one attached hydrogen (secondary N) is 2. The molecule has 1 heterocycles. The lowest BCUT2D eigenvalue weighted by Crippen LogP contribution is -2.54. The third kappa shape index (κ3) is 10.3. The van der Waals surface area contributed by atoms with Gasteiger partial charge in [-0.05, 0) is 51.2 Å². The fraction of sp³-hybridized carbons (Fsp3) is 0.484. The average Bonchev–Trinajstić information content (AvgIpc) is 3.42. The summed E-state index contributed by atoms with van der Waals surface area (Å²) in [4.78, 5) is 52.9. The molecule has 0 spiro atoms. The molecule has 1 aliphatic heterocycles. The molecule has 2 aromatic carbocycles. The number of hydrogen-bond acceptors (Lipinski definition) is 6. The number of likely N-dealkylation sites (tertiary alicyclic amines) is 1. The third-order valence-corrected chi connectivity index (χ3v) is 6.87. The van der Waals surface area contributed by atoms with E-state index in [1.54, 1.807) is 0 Å². The maximum absolute atomic E-state index is 13.5. The molecule has 0 saturated carbocycles. The monoisotopic (exact) mass is 566 g/mol. The summed E-state index contributed by atoms with van der Waals surface area (Å²) in [7, 11) is 0. The fourth-order valence-electron chi connectivity index (χ4n) is 4.81. The van der Waals surface area contributed by atoms with Gasteiger partial charge in [-0.2, -0.15) is 0 Å². The Hall–Kier alpha value is -3.76. The van der Waals surface area contributed by atoms with Gasteiger partial charge in [0.15, 0.2) is 0 Å². The van der Waals surface area contributed by atoms with Crippen LogP contribution in [0.4, 0.5) is 0 Å². The van der Waals surface area contributed by atoms with Crippen molar-refractivity contribution in [2.45, 2.75) is 82.6 Å². The zero-order valence-corrected chi connectivity index (χ0v) is 24.0. The van der Waals surface area contributed by atoms with Crippen molar-refractivity contribution in [1.29, 1.82) is 0 Å². The van der Waals surface area contributed by atoms with Gasteiger partial charge in [-0.1, -0.05) is 60.7 Å². The number of hydrogen-bond donors (Lipinski definition) is 4. The molecule has 10 nitrogen and oxygen atoms in total. The molecule has 0 radical (unpaired) electrons. The minimum Gasteiger partial charge on any atom is -0.480 e. The third-order valence-electron chi connectivity index (χ3n) is 6.87. The maximum Gasteiger partial charge on any atom is 0.326 e. The number of aliphatic carboxylic acids is 1. The van der Waals surface area contributed by atoms with E-state index in [0.29, 0.717) is 25.8 Å². The van der Waals surface area contributed by atoms with Crippen molar-refractivity contribution < 1.29 is 29.0 Å². The number of carbonyl (C=O) groups excluding carboxylic acids is 3. The van der Waals surface area contributed by atoms with Crippen LogP contribution in [0, 0.1) is 0 Å². The summed E-state index contributed by atoms with van der Waals surface area (Å²) in [5.41, 5.74) is 7.36. The van der Waals surface area contributed by atoms with Gasteiger partial charge in [-0.15, -0.1) is 0 Å². The summed E-state index contributed by atoms with van der Waals surface area (Å²) in [6, 6.07) is 15.3. The van der Waals surface area contributed by atoms with Gasteiger partial charge in [-0.3, -0.25) is 14.4 Å². The molecule has 1 aliphatic rings. The van der Waals surface area contributed by atoms with Gasteiger partial charge in [0, 0.05) is 25.4 Å². The summed E-state index contributed by atoms with van der Waals surface area (Å²) >= 11 is 0. The van der Waals surface area contributed by atoms with Crippen LogP contribution in [0.2, 0.25) is 0 Å². The fourth-order valence-corrected chi connectivity index (χ4v) is 4.81. The Morgan fingerprint density at radius 1 is 0.976 bits per heavy atom. The Labute approximate surface area is 241 Å². The van der Waals surface area contributed by atoms with E-state index in [2.05, 4.69) is 10.6 Å². The lowest BCUT2D eigenvalue weighted by molar-refractivity contribution is -0.149. The molecule has 0 aliphatic carbocycles. The van der Waals surface area contributed by atoms with Crippen LogP contribution in [0.15, 0.2) is 60.7 Å². The van der Waals surface area contributed by atoms with Gasteiger partial charge in [0.1, 0.15) is 18.1 Å². The van der Waals surface area contributed by atoms with E-state index in [9.17, 15) is 24.3 Å². The Kier molecular flexibility index (Phi) is 11.4. The molecule has 0 aromatic heterocycles. The minimum absolute atomic E-state index is 0.0216. The quantitative estimate of drug-likeness (QED) is 0.290. The number of rotatable bonds is 13. The number of nitrogens with two attached hydrogens (primary N) is 1. The van der Waals surface area contributed by atoms with Crippen molar-refractivity contribution in [3.05, 3.63) is 71.8 Å². The number of benzene rings is 2. The number of carboxylic acid groups (broad SMARTS) is 1. The first kappa shape index (κ1) is 31.8. The van der Waals surface area contributed by atoms with E-state index in [1.165, 1.54) is 4.90 Å². The van der Waals surface area contributed by atoms with E-state index in [-0.39, 0.29) is 19.4 Å². The molecule has 1 fully saturated rings. The molecule has 1 saturated heterocycles. The molecular formula is C31H42N4O6. The van der Waals surface area contributed by atoms with Crippen molar-refractivity contribution in [3.63, 3.8) is 0 Å². The van der Waals surface area contributed by atoms with Gasteiger partial charge in [0.2, 0.25) is 17.7 Å². The predicted octanol–water partition coefficient (Wildman–Crippen LogP) is 2.05. The molecule has 0 unspecified atom stereocenters. The predicted molar refractivity (Wildman–Crippen MR) is 155 cm³/mol. The van der Waals surface area contributed by atoms with Gasteiger partial charge in [-0.25, -0.2) is 4.79 Å². The van der Waals surface area contributed by atoms with Crippen molar-refractivity contribution in [1.82, 2.24) is 15.5 Å². The molecule has 41 heavy (non-hydrogen) atoms. The number of ether oxygens (including phenoxy) is 1. The highest BCUT2D eigenvalue weighted by molar-refractivity contribution is 5.91. The summed E-state index contributed by atoms with van der Waals surface area (Å²) in [5.74, 6) is -2.37. The second kappa shape index (κ2) is 14.7. The van der Waals surface area contributed by atoms with Gasteiger partial charge in [0.05, 0.1) is 12.2 Å². The summed E-state index contributed by atoms with van der Waals surface area (Å²) in [6.45, 7) is 5.95. The highest BCUT2D eigenvalue weighted by Gasteiger charge is 2.38. The Morgan fingerprint density at radius 2 is 1.56 bits per heavy atom. The first-order valence-corrected chi connectivity index (χ1v) is 14.0. The lowest BCUT2D eigenvalue weighted by Gasteiger charge is -2.28. The molecule has 222 valence electrons. The van der Waals surface area contributed by atoms with Crippen LogP contribution < -0.4 is 16.4 Å². The average molecular weight is 567 g/mol. The summed E-state index contributed by atoms with van der Waals surface area (Å²) < 4.78 is 5.65. The Morgan fingerprint density at radius 3 is 2.12 bits per heavy atom. The second-order valence-electron chi connectivity index (χ2n) is 11.5. The largest absolute Gasteiger partial charge is 0.480 e. The molecule has 5 N–H and O–H groups in total. The van der Waals surface area contributed by atoms with E-state index in [1.807, 2.05) is 81.4 Å². The highest BCUT2D eigenvalue weighted by atomic mass is 16.5. The van der Waals surface area contributed by atoms with E-state index in [4.69, 9.17) is 10.5 Å². The van der Waals surface area contributed by atoms with Crippen LogP contribution in [0.25, 0.3) is 0 Å². The SMILES string of the molecule is CC(C)(C)OC[C@H](N)C(=O)N[C@H](CC(=O)N[C@@H](Cc1ccccc1)C(=O)N1CCC[C@H]1C(=O)O)Cc1ccccc1. The van der Waals surface area contributed by atoms with Crippen molar-refractivity contribution in [2.75, 3.05) is 13.2 Å². The first-order valence-electron chi connectivity index (χ1n) is 14.0. The topological polar surface area (TPSA) is 151 Å². The summed E-state index contributed by atoms with van der Waals surface area (Å²) in [5, 5.41) is 15.3. The van der Waals surface area contributed by atoms with Crippen LogP contribution in [-0.2, 0) is 36.8 Å². The number of carboxylic acids is 1. The van der Waals surface area contributed by atoms with Gasteiger partial charge in [0.25, 0.3) is 0 Å². The van der Waals surface area contributed by atoms with E-state index >= 15 is 0 Å². The maximum atomic E-state index is 13.5. The number of nitrogens with zero attached hydrogens (tertiary/aromatic N) is 1. The zero-order chi connectivity index (χ0) is 30.0. The van der Waals surface area contributed by atoms with Crippen LogP contribution in [-0.4, -0.2) is 76.6 Å². The van der Waals surface area contributed by atoms with Crippen molar-refractivity contribution >= 4 is 23.7 Å². The van der Waals surface area contributed by atoms with Crippen molar-refractivity contribution in [3.8, 4) is 0 Å². The standard InChI is InChI=1S/C31H42N4O6/c1-31(2,3)41-20-24(32)28(37)33-23(17-21-11-6-4-7-12-21)19-27(36)34-25(18-22-13-8-5-9-14-22)29(38)35-16-10-15-26(35)30(39)40/h4-9,11-14,23-26H,10,15-20,32H2,1-3H3,(H,33,37)(H,34,36)(H,39,40)/t23-,24-,25-,26-/m0/s1. The van der Waals surface area contributed by atoms with Crippen LogP contribution >= 0.6 is 0 Å². The Balaban J connectivity index is 1.75. The smallest absolute Gasteiger partial charge is 0.326 e. The Bertz CT molecular complexity index is 1170. The van der Waals surface area contributed by atoms with Crippen LogP contribution in [0.3, 0.4) is 0 Å². The van der Waals surface area contributed by atoms with E-state index < -0.39 is 53.5 Å². The molecular weight excluding hydrogens is 524 g/mol. The molecule has 2 aromatic rings. The normalized spacial score (nSPS) is 17.4. The first-order chi connectivity index (χ1) is 19.4. The number of amides is 3. The molecule has 3 amide bonds. The van der Waals surface area contributed by atoms with Crippen LogP contribution in [0.1, 0.15) is 51.2 Å². The van der Waals surface area contributed by atoms with Gasteiger partial charge < -0.3 is 31.1 Å². The summed E-state index contributed by atoms with van der Waals surface area (Å²) in [6.07, 6.45) is 1.43. The minimum atomic E-state index is -1.06. The van der Waals surface area contributed by atoms with Crippen molar-refractivity contribution in [2.24, 2.45) is 5.73 Å². The molecule has 0 bridgehead atoms. The van der Waals surface area contributed by atoms with E-state index in [0.717, 1.165) is 11.1 Å². The molecule has 4 atom stereocenters. The lowest BCUT2D eigenvalue weighted by atomic mass is 10.0. The molecule has 3 rings (SSSR count). The molecule has 10 heteroatoms. The zero-order valence-electron chi connectivity index (χ0n) is 24.0.